The first-order chi connectivity index (χ1) is 14.7. The van der Waals surface area contributed by atoms with Crippen molar-refractivity contribution >= 4 is 11.9 Å². The second-order valence-corrected chi connectivity index (χ2v) is 7.57. The van der Waals surface area contributed by atoms with Crippen LogP contribution in [0.1, 0.15) is 35.4 Å². The molecule has 0 bridgehead atoms. The van der Waals surface area contributed by atoms with Crippen LogP contribution in [0.5, 0.6) is 0 Å². The third kappa shape index (κ3) is 3.99. The van der Waals surface area contributed by atoms with Crippen LogP contribution in [0.25, 0.3) is 11.1 Å². The van der Waals surface area contributed by atoms with E-state index in [0.29, 0.717) is 6.42 Å². The Morgan fingerprint density at radius 2 is 1.43 bits per heavy atom. The molecule has 0 saturated carbocycles. The van der Waals surface area contributed by atoms with E-state index in [2.05, 4.69) is 17.4 Å². The number of rotatable bonds is 7. The maximum Gasteiger partial charge on any atom is 0.328 e. The zero-order valence-electron chi connectivity index (χ0n) is 17.0. The molecule has 1 amide bonds. The Balaban J connectivity index is 1.50. The zero-order valence-corrected chi connectivity index (χ0v) is 17.0. The number of methoxy groups -OCH3 is 1. The molecule has 4 heteroatoms. The van der Waals surface area contributed by atoms with E-state index in [4.69, 9.17) is 4.74 Å². The van der Waals surface area contributed by atoms with Gasteiger partial charge in [0.25, 0.3) is 0 Å². The average molecular weight is 399 g/mol. The van der Waals surface area contributed by atoms with E-state index in [1.54, 1.807) is 0 Å². The standard InChI is InChI=1S/C26H25NO3/c1-30-26(29)23(17-9-12-18-10-3-2-4-11-18)27-25(28)24-21-15-7-5-13-19(21)20-14-6-8-16-22(20)24/h2-8,10-11,13-16,23-24H,9,12,17H2,1H3,(H,27,28)/t23-/m0/s1. The highest BCUT2D eigenvalue weighted by atomic mass is 16.5. The van der Waals surface area contributed by atoms with Crippen LogP contribution in [0.15, 0.2) is 78.9 Å². The Morgan fingerprint density at radius 3 is 2.03 bits per heavy atom. The number of esters is 1. The van der Waals surface area contributed by atoms with Crippen molar-refractivity contribution in [1.82, 2.24) is 5.32 Å². The van der Waals surface area contributed by atoms with Crippen LogP contribution in [-0.4, -0.2) is 25.0 Å². The second-order valence-electron chi connectivity index (χ2n) is 7.57. The number of nitrogens with one attached hydrogen (secondary N) is 1. The molecule has 1 aliphatic rings. The lowest BCUT2D eigenvalue weighted by Gasteiger charge is -2.20. The van der Waals surface area contributed by atoms with Gasteiger partial charge in [-0.2, -0.15) is 0 Å². The van der Waals surface area contributed by atoms with Gasteiger partial charge >= 0.3 is 5.97 Å². The van der Waals surface area contributed by atoms with E-state index in [0.717, 1.165) is 35.1 Å². The molecule has 152 valence electrons. The Morgan fingerprint density at radius 1 is 0.867 bits per heavy atom. The lowest BCUT2D eigenvalue weighted by atomic mass is 9.95. The summed E-state index contributed by atoms with van der Waals surface area (Å²) >= 11 is 0. The number of carbonyl (C=O) groups is 2. The predicted molar refractivity (Wildman–Crippen MR) is 117 cm³/mol. The first-order valence-electron chi connectivity index (χ1n) is 10.3. The topological polar surface area (TPSA) is 55.4 Å². The van der Waals surface area contributed by atoms with Gasteiger partial charge < -0.3 is 10.1 Å². The molecule has 1 N–H and O–H groups in total. The summed E-state index contributed by atoms with van der Waals surface area (Å²) in [5.74, 6) is -0.989. The minimum absolute atomic E-state index is 0.164. The summed E-state index contributed by atoms with van der Waals surface area (Å²) in [6.45, 7) is 0. The molecular formula is C26H25NO3. The fourth-order valence-electron chi connectivity index (χ4n) is 4.24. The van der Waals surface area contributed by atoms with Gasteiger partial charge in [-0.1, -0.05) is 78.9 Å². The van der Waals surface area contributed by atoms with Gasteiger partial charge in [0.15, 0.2) is 0 Å². The fraction of sp³-hybridized carbons (Fsp3) is 0.231. The highest BCUT2D eigenvalue weighted by molar-refractivity contribution is 5.97. The molecule has 4 nitrogen and oxygen atoms in total. The molecule has 0 aromatic heterocycles. The summed E-state index contributed by atoms with van der Waals surface area (Å²) in [5.41, 5.74) is 5.32. The van der Waals surface area contributed by atoms with Gasteiger partial charge in [-0.3, -0.25) is 4.79 Å². The Labute approximate surface area is 176 Å². The monoisotopic (exact) mass is 399 g/mol. The van der Waals surface area contributed by atoms with Crippen LogP contribution in [0.3, 0.4) is 0 Å². The number of carbonyl (C=O) groups excluding carboxylic acids is 2. The van der Waals surface area contributed by atoms with Gasteiger partial charge in [0.1, 0.15) is 6.04 Å². The molecule has 1 aliphatic carbocycles. The highest BCUT2D eigenvalue weighted by Gasteiger charge is 2.35. The SMILES string of the molecule is COC(=O)[C@H](CCCc1ccccc1)NC(=O)C1c2ccccc2-c2ccccc21. The van der Waals surface area contributed by atoms with Crippen LogP contribution in [0.4, 0.5) is 0 Å². The number of aryl methyl sites for hydroxylation is 1. The Hall–Kier alpha value is -3.40. The molecule has 0 saturated heterocycles. The summed E-state index contributed by atoms with van der Waals surface area (Å²) in [6, 6.07) is 25.4. The third-order valence-corrected chi connectivity index (χ3v) is 5.70. The second kappa shape index (κ2) is 8.95. The molecule has 3 aromatic rings. The van der Waals surface area contributed by atoms with Crippen LogP contribution in [0.2, 0.25) is 0 Å². The minimum Gasteiger partial charge on any atom is -0.467 e. The number of fused-ring (bicyclic) bond motifs is 3. The van der Waals surface area contributed by atoms with Crippen LogP contribution < -0.4 is 5.32 Å². The Bertz CT molecular complexity index is 999. The summed E-state index contributed by atoms with van der Waals surface area (Å²) in [5, 5.41) is 2.96. The average Bonchev–Trinajstić information content (AvgIpc) is 3.13. The van der Waals surface area contributed by atoms with Crippen molar-refractivity contribution in [2.24, 2.45) is 0 Å². The van der Waals surface area contributed by atoms with Crippen LogP contribution in [-0.2, 0) is 20.7 Å². The summed E-state index contributed by atoms with van der Waals surface area (Å²) in [4.78, 5) is 25.7. The van der Waals surface area contributed by atoms with E-state index < -0.39 is 17.9 Å². The first kappa shape index (κ1) is 19.9. The maximum atomic E-state index is 13.3. The Kier molecular flexibility index (Phi) is 5.94. The van der Waals surface area contributed by atoms with Gasteiger partial charge in [-0.05, 0) is 47.1 Å². The lowest BCUT2D eigenvalue weighted by Crippen LogP contribution is -2.43. The van der Waals surface area contributed by atoms with E-state index in [1.165, 1.54) is 12.7 Å². The predicted octanol–water partition coefficient (Wildman–Crippen LogP) is 4.48. The molecule has 4 rings (SSSR count). The fourth-order valence-corrected chi connectivity index (χ4v) is 4.24. The van der Waals surface area contributed by atoms with E-state index in [9.17, 15) is 9.59 Å². The van der Waals surface area contributed by atoms with Crippen molar-refractivity contribution in [3.8, 4) is 11.1 Å². The molecule has 0 fully saturated rings. The largest absolute Gasteiger partial charge is 0.467 e. The highest BCUT2D eigenvalue weighted by Crippen LogP contribution is 2.44. The quantitative estimate of drug-likeness (QED) is 0.596. The molecule has 0 unspecified atom stereocenters. The van der Waals surface area contributed by atoms with E-state index in [-0.39, 0.29) is 5.91 Å². The number of hydrogen-bond acceptors (Lipinski definition) is 3. The van der Waals surface area contributed by atoms with E-state index >= 15 is 0 Å². The summed E-state index contributed by atoms with van der Waals surface area (Å²) < 4.78 is 4.96. The third-order valence-electron chi connectivity index (χ3n) is 5.70. The van der Waals surface area contributed by atoms with Gasteiger partial charge in [0, 0.05) is 0 Å². The van der Waals surface area contributed by atoms with Crippen LogP contribution in [0, 0.1) is 0 Å². The lowest BCUT2D eigenvalue weighted by molar-refractivity contribution is -0.145. The molecule has 0 heterocycles. The molecule has 1 atom stereocenters. The van der Waals surface area contributed by atoms with Crippen molar-refractivity contribution in [2.45, 2.75) is 31.2 Å². The maximum absolute atomic E-state index is 13.3. The van der Waals surface area contributed by atoms with Crippen LogP contribution >= 0.6 is 0 Å². The number of amides is 1. The number of benzene rings is 3. The minimum atomic E-state index is -0.661. The van der Waals surface area contributed by atoms with Crippen molar-refractivity contribution in [1.29, 1.82) is 0 Å². The van der Waals surface area contributed by atoms with Gasteiger partial charge in [0.2, 0.25) is 5.91 Å². The van der Waals surface area contributed by atoms with Gasteiger partial charge in [-0.25, -0.2) is 4.79 Å². The van der Waals surface area contributed by atoms with Crippen molar-refractivity contribution in [3.63, 3.8) is 0 Å². The molecule has 3 aromatic carbocycles. The number of hydrogen-bond donors (Lipinski definition) is 1. The van der Waals surface area contributed by atoms with Crippen molar-refractivity contribution < 1.29 is 14.3 Å². The molecule has 0 radical (unpaired) electrons. The van der Waals surface area contributed by atoms with Gasteiger partial charge in [0.05, 0.1) is 13.0 Å². The summed E-state index contributed by atoms with van der Waals surface area (Å²) in [6.07, 6.45) is 2.16. The molecule has 0 aliphatic heterocycles. The van der Waals surface area contributed by atoms with E-state index in [1.807, 2.05) is 66.7 Å². The first-order valence-corrected chi connectivity index (χ1v) is 10.3. The zero-order chi connectivity index (χ0) is 20.9. The molecule has 0 spiro atoms. The normalized spacial score (nSPS) is 13.2. The molecular weight excluding hydrogens is 374 g/mol. The smallest absolute Gasteiger partial charge is 0.328 e. The molecule has 30 heavy (non-hydrogen) atoms. The number of ether oxygens (including phenoxy) is 1. The summed E-state index contributed by atoms with van der Waals surface area (Å²) in [7, 11) is 1.36. The van der Waals surface area contributed by atoms with Crippen molar-refractivity contribution in [2.75, 3.05) is 7.11 Å². The van der Waals surface area contributed by atoms with Crippen molar-refractivity contribution in [3.05, 3.63) is 95.6 Å². The van der Waals surface area contributed by atoms with Gasteiger partial charge in [-0.15, -0.1) is 0 Å².